The molecule has 3 nitrogen and oxygen atoms in total. The zero-order chi connectivity index (χ0) is 18.8. The van der Waals surface area contributed by atoms with E-state index in [2.05, 4.69) is 74.7 Å². The molecule has 3 rings (SSSR count). The van der Waals surface area contributed by atoms with Crippen molar-refractivity contribution in [3.8, 4) is 0 Å². The number of benzene rings is 1. The predicted molar refractivity (Wildman–Crippen MR) is 112 cm³/mol. The Morgan fingerprint density at radius 2 is 1.77 bits per heavy atom. The second-order valence-corrected chi connectivity index (χ2v) is 8.33. The number of aromatic nitrogens is 2. The number of nitrogens with zero attached hydrogens (tertiary/aromatic N) is 2. The lowest BCUT2D eigenvalue weighted by Gasteiger charge is -2.27. The summed E-state index contributed by atoms with van der Waals surface area (Å²) in [7, 11) is 0. The summed E-state index contributed by atoms with van der Waals surface area (Å²) in [5, 5.41) is 8.72. The SMILES string of the molecule is C=C(C)c1ccn([C@H]2CCC[C@@H]2Nc2c(C(C)C)cccc2C(C)C)n1. The van der Waals surface area contributed by atoms with E-state index in [1.54, 1.807) is 0 Å². The highest BCUT2D eigenvalue weighted by atomic mass is 15.3. The molecule has 26 heavy (non-hydrogen) atoms. The first-order valence-electron chi connectivity index (χ1n) is 9.98. The van der Waals surface area contributed by atoms with Crippen molar-refractivity contribution in [3.63, 3.8) is 0 Å². The Hall–Kier alpha value is -2.03. The molecule has 0 amide bonds. The van der Waals surface area contributed by atoms with Gasteiger partial charge >= 0.3 is 0 Å². The third-order valence-corrected chi connectivity index (χ3v) is 5.57. The van der Waals surface area contributed by atoms with Crippen LogP contribution in [0.4, 0.5) is 5.69 Å². The van der Waals surface area contributed by atoms with Gasteiger partial charge in [0.25, 0.3) is 0 Å². The molecule has 1 saturated carbocycles. The number of hydrogen-bond donors (Lipinski definition) is 1. The molecule has 3 heteroatoms. The van der Waals surface area contributed by atoms with Gasteiger partial charge in [-0.2, -0.15) is 5.10 Å². The number of para-hydroxylation sites is 1. The van der Waals surface area contributed by atoms with Crippen molar-refractivity contribution in [1.82, 2.24) is 9.78 Å². The first kappa shape index (κ1) is 18.8. The molecule has 2 aromatic rings. The molecular weight excluding hydrogens is 318 g/mol. The van der Waals surface area contributed by atoms with E-state index in [9.17, 15) is 0 Å². The van der Waals surface area contributed by atoms with Crippen LogP contribution in [0.25, 0.3) is 5.57 Å². The van der Waals surface area contributed by atoms with Gasteiger partial charge in [-0.25, -0.2) is 0 Å². The Morgan fingerprint density at radius 1 is 1.12 bits per heavy atom. The lowest BCUT2D eigenvalue weighted by Crippen LogP contribution is -2.28. The molecule has 1 heterocycles. The fourth-order valence-corrected chi connectivity index (χ4v) is 4.08. The molecule has 0 unspecified atom stereocenters. The molecule has 1 aliphatic rings. The van der Waals surface area contributed by atoms with Crippen LogP contribution in [0.2, 0.25) is 0 Å². The smallest absolute Gasteiger partial charge is 0.0874 e. The van der Waals surface area contributed by atoms with Crippen LogP contribution in [-0.4, -0.2) is 15.8 Å². The average molecular weight is 352 g/mol. The second-order valence-electron chi connectivity index (χ2n) is 8.33. The normalized spacial score (nSPS) is 20.1. The number of nitrogens with one attached hydrogen (secondary N) is 1. The van der Waals surface area contributed by atoms with Crippen molar-refractivity contribution in [2.45, 2.75) is 77.8 Å². The standard InChI is InChI=1S/C23H33N3/c1-15(2)18-9-7-10-19(16(3)4)23(18)24-21-11-8-12-22(21)26-14-13-20(25-26)17(5)6/h7,9-10,13-16,21-22,24H,5,8,11-12H2,1-4,6H3/t21-,22-/m0/s1. The highest BCUT2D eigenvalue weighted by Crippen LogP contribution is 2.38. The quantitative estimate of drug-likeness (QED) is 0.655. The molecule has 0 bridgehead atoms. The maximum atomic E-state index is 4.78. The number of hydrogen-bond acceptors (Lipinski definition) is 2. The molecular formula is C23H33N3. The van der Waals surface area contributed by atoms with Gasteiger partial charge in [0, 0.05) is 17.9 Å². The average Bonchev–Trinajstić information content (AvgIpc) is 3.23. The van der Waals surface area contributed by atoms with Crippen LogP contribution in [0.5, 0.6) is 0 Å². The van der Waals surface area contributed by atoms with E-state index in [1.807, 2.05) is 6.92 Å². The van der Waals surface area contributed by atoms with Crippen LogP contribution in [0.15, 0.2) is 37.0 Å². The summed E-state index contributed by atoms with van der Waals surface area (Å²) in [5.74, 6) is 1.02. The molecule has 0 aliphatic heterocycles. The Morgan fingerprint density at radius 3 is 2.31 bits per heavy atom. The Balaban J connectivity index is 1.91. The van der Waals surface area contributed by atoms with Gasteiger partial charge in [-0.3, -0.25) is 4.68 Å². The van der Waals surface area contributed by atoms with E-state index in [-0.39, 0.29) is 0 Å². The van der Waals surface area contributed by atoms with Crippen molar-refractivity contribution < 1.29 is 0 Å². The maximum absolute atomic E-state index is 4.78. The van der Waals surface area contributed by atoms with E-state index in [1.165, 1.54) is 36.1 Å². The highest BCUT2D eigenvalue weighted by Gasteiger charge is 2.30. The number of rotatable bonds is 6. The lowest BCUT2D eigenvalue weighted by molar-refractivity contribution is 0.436. The van der Waals surface area contributed by atoms with E-state index in [0.29, 0.717) is 23.9 Å². The molecule has 0 radical (unpaired) electrons. The summed E-state index contributed by atoms with van der Waals surface area (Å²) in [5.41, 5.74) is 6.22. The topological polar surface area (TPSA) is 29.9 Å². The van der Waals surface area contributed by atoms with Gasteiger partial charge in [-0.1, -0.05) is 52.5 Å². The number of allylic oxidation sites excluding steroid dienone is 1. The van der Waals surface area contributed by atoms with E-state index in [0.717, 1.165) is 11.3 Å². The minimum absolute atomic E-state index is 0.406. The van der Waals surface area contributed by atoms with E-state index in [4.69, 9.17) is 5.10 Å². The van der Waals surface area contributed by atoms with Gasteiger partial charge < -0.3 is 5.32 Å². The van der Waals surface area contributed by atoms with Gasteiger partial charge in [0.15, 0.2) is 0 Å². The lowest BCUT2D eigenvalue weighted by atomic mass is 9.92. The molecule has 0 spiro atoms. The summed E-state index contributed by atoms with van der Waals surface area (Å²) in [6, 6.07) is 9.66. The summed E-state index contributed by atoms with van der Waals surface area (Å²) in [6.45, 7) is 15.2. The molecule has 140 valence electrons. The van der Waals surface area contributed by atoms with Crippen LogP contribution in [0.1, 0.15) is 88.6 Å². The largest absolute Gasteiger partial charge is 0.380 e. The van der Waals surface area contributed by atoms with Crippen molar-refractivity contribution in [3.05, 3.63) is 53.9 Å². The fourth-order valence-electron chi connectivity index (χ4n) is 4.08. The molecule has 1 N–H and O–H groups in total. The third kappa shape index (κ3) is 3.72. The van der Waals surface area contributed by atoms with Crippen LogP contribution >= 0.6 is 0 Å². The van der Waals surface area contributed by atoms with Gasteiger partial charge in [0.2, 0.25) is 0 Å². The summed E-state index contributed by atoms with van der Waals surface area (Å²) in [4.78, 5) is 0. The molecule has 1 aliphatic carbocycles. The minimum atomic E-state index is 0.406. The third-order valence-electron chi connectivity index (χ3n) is 5.57. The molecule has 2 atom stereocenters. The molecule has 1 aromatic heterocycles. The predicted octanol–water partition coefficient (Wildman–Crippen LogP) is 6.37. The van der Waals surface area contributed by atoms with E-state index < -0.39 is 0 Å². The zero-order valence-electron chi connectivity index (χ0n) is 16.9. The second kappa shape index (κ2) is 7.69. The Labute approximate surface area is 158 Å². The zero-order valence-corrected chi connectivity index (χ0v) is 16.9. The molecule has 1 aromatic carbocycles. The summed E-state index contributed by atoms with van der Waals surface area (Å²) < 4.78 is 2.15. The fraction of sp³-hybridized carbons (Fsp3) is 0.522. The number of anilines is 1. The van der Waals surface area contributed by atoms with E-state index >= 15 is 0 Å². The van der Waals surface area contributed by atoms with Crippen molar-refractivity contribution in [2.75, 3.05) is 5.32 Å². The highest BCUT2D eigenvalue weighted by molar-refractivity contribution is 5.61. The van der Waals surface area contributed by atoms with Gasteiger partial charge in [-0.15, -0.1) is 0 Å². The van der Waals surface area contributed by atoms with Crippen molar-refractivity contribution >= 4 is 11.3 Å². The molecule has 1 fully saturated rings. The van der Waals surface area contributed by atoms with Crippen LogP contribution in [-0.2, 0) is 0 Å². The first-order valence-corrected chi connectivity index (χ1v) is 9.98. The first-order chi connectivity index (χ1) is 12.4. The maximum Gasteiger partial charge on any atom is 0.0874 e. The van der Waals surface area contributed by atoms with Crippen LogP contribution in [0, 0.1) is 0 Å². The summed E-state index contributed by atoms with van der Waals surface area (Å²) >= 11 is 0. The van der Waals surface area contributed by atoms with Crippen molar-refractivity contribution in [2.24, 2.45) is 0 Å². The van der Waals surface area contributed by atoms with Crippen LogP contribution < -0.4 is 5.32 Å². The minimum Gasteiger partial charge on any atom is -0.380 e. The molecule has 0 saturated heterocycles. The monoisotopic (exact) mass is 351 g/mol. The van der Waals surface area contributed by atoms with Crippen LogP contribution in [0.3, 0.4) is 0 Å². The van der Waals surface area contributed by atoms with Gasteiger partial charge in [-0.05, 0) is 60.8 Å². The Kier molecular flexibility index (Phi) is 5.55. The Bertz CT molecular complexity index is 743. The van der Waals surface area contributed by atoms with Gasteiger partial charge in [0.1, 0.15) is 0 Å². The summed E-state index contributed by atoms with van der Waals surface area (Å²) in [6.07, 6.45) is 5.73. The van der Waals surface area contributed by atoms with Crippen molar-refractivity contribution in [1.29, 1.82) is 0 Å². The van der Waals surface area contributed by atoms with Gasteiger partial charge in [0.05, 0.1) is 11.7 Å².